The van der Waals surface area contributed by atoms with Gasteiger partial charge in [0.1, 0.15) is 5.92 Å². The van der Waals surface area contributed by atoms with Gasteiger partial charge in [-0.15, -0.1) is 11.3 Å². The Balaban J connectivity index is 2.14. The first-order chi connectivity index (χ1) is 12.1. The lowest BCUT2D eigenvalue weighted by Crippen LogP contribution is -2.72. The molecule has 26 heavy (non-hydrogen) atoms. The van der Waals surface area contributed by atoms with Crippen LogP contribution in [0.3, 0.4) is 0 Å². The number of carbonyl (C=O) groups excluding carboxylic acids is 2. The number of hydrogen-bond acceptors (Lipinski definition) is 4. The Morgan fingerprint density at radius 2 is 1.88 bits per heavy atom. The number of carbonyl (C=O) groups is 2. The lowest BCUT2D eigenvalue weighted by atomic mass is 9.78. The number of Topliss-reactive ketones (excluding diaryl/α,β-unsaturated/α-hetero) is 1. The van der Waals surface area contributed by atoms with Crippen molar-refractivity contribution < 1.29 is 27.9 Å². The van der Waals surface area contributed by atoms with Gasteiger partial charge >= 0.3 is 12.2 Å². The molecule has 2 aromatic rings. The van der Waals surface area contributed by atoms with Crippen molar-refractivity contribution >= 4 is 34.8 Å². The quantitative estimate of drug-likeness (QED) is 0.685. The van der Waals surface area contributed by atoms with E-state index in [0.29, 0.717) is 5.02 Å². The molecule has 1 aromatic heterocycles. The van der Waals surface area contributed by atoms with Gasteiger partial charge in [0.15, 0.2) is 5.78 Å². The fraction of sp³-hybridized carbons (Fsp3) is 0.250. The van der Waals surface area contributed by atoms with Crippen LogP contribution in [-0.2, 0) is 0 Å². The van der Waals surface area contributed by atoms with Crippen LogP contribution in [-0.4, -0.2) is 28.8 Å². The van der Waals surface area contributed by atoms with Crippen molar-refractivity contribution in [1.29, 1.82) is 0 Å². The maximum atomic E-state index is 13.6. The summed E-state index contributed by atoms with van der Waals surface area (Å²) in [6.07, 6.45) is -5.27. The van der Waals surface area contributed by atoms with Crippen LogP contribution in [0.2, 0.25) is 5.02 Å². The van der Waals surface area contributed by atoms with Crippen molar-refractivity contribution in [2.75, 3.05) is 0 Å². The van der Waals surface area contributed by atoms with Crippen LogP contribution in [0.15, 0.2) is 41.8 Å². The molecule has 3 rings (SSSR count). The number of thiophene rings is 1. The van der Waals surface area contributed by atoms with E-state index < -0.39 is 35.7 Å². The molecule has 0 unspecified atom stereocenters. The Labute approximate surface area is 154 Å². The summed E-state index contributed by atoms with van der Waals surface area (Å²) in [7, 11) is 0. The van der Waals surface area contributed by atoms with E-state index in [4.69, 9.17) is 11.6 Å². The number of rotatable bonds is 3. The molecule has 1 aliphatic rings. The van der Waals surface area contributed by atoms with Crippen molar-refractivity contribution in [2.24, 2.45) is 5.92 Å². The van der Waals surface area contributed by atoms with Gasteiger partial charge in [-0.3, -0.25) is 4.79 Å². The smallest absolute Gasteiger partial charge is 0.363 e. The minimum atomic E-state index is -5.27. The lowest BCUT2D eigenvalue weighted by Gasteiger charge is -2.44. The Morgan fingerprint density at radius 3 is 2.42 bits per heavy atom. The summed E-state index contributed by atoms with van der Waals surface area (Å²) in [6.45, 7) is 0. The summed E-state index contributed by atoms with van der Waals surface area (Å²) < 4.78 is 40.9. The van der Waals surface area contributed by atoms with Crippen LogP contribution in [0.1, 0.15) is 21.3 Å². The summed E-state index contributed by atoms with van der Waals surface area (Å²) in [5.41, 5.74) is -3.51. The highest BCUT2D eigenvalue weighted by Crippen LogP contribution is 2.44. The molecule has 0 spiro atoms. The highest BCUT2D eigenvalue weighted by molar-refractivity contribution is 7.12. The summed E-state index contributed by atoms with van der Waals surface area (Å²) in [4.78, 5) is 24.7. The number of hydrogen-bond donors (Lipinski definition) is 3. The monoisotopic (exact) mass is 404 g/mol. The van der Waals surface area contributed by atoms with Gasteiger partial charge in [0.25, 0.3) is 0 Å². The normalized spacial score (nSPS) is 26.1. The van der Waals surface area contributed by atoms with Gasteiger partial charge in [-0.25, -0.2) is 4.79 Å². The minimum Gasteiger partial charge on any atom is -0.363 e. The first-order valence-corrected chi connectivity index (χ1v) is 8.60. The summed E-state index contributed by atoms with van der Waals surface area (Å²) in [5.74, 6) is -2.97. The summed E-state index contributed by atoms with van der Waals surface area (Å²) in [5, 5.41) is 16.0. The van der Waals surface area contributed by atoms with Crippen LogP contribution >= 0.6 is 22.9 Å². The molecule has 1 fully saturated rings. The summed E-state index contributed by atoms with van der Waals surface area (Å²) in [6, 6.07) is 5.86. The zero-order valence-corrected chi connectivity index (χ0v) is 14.5. The number of aliphatic hydroxyl groups is 1. The van der Waals surface area contributed by atoms with Crippen LogP contribution in [0.25, 0.3) is 0 Å². The second kappa shape index (κ2) is 6.57. The van der Waals surface area contributed by atoms with Gasteiger partial charge < -0.3 is 15.7 Å². The molecule has 0 saturated carbocycles. The minimum absolute atomic E-state index is 0.0367. The Kier molecular flexibility index (Phi) is 4.72. The first kappa shape index (κ1) is 18.7. The predicted octanol–water partition coefficient (Wildman–Crippen LogP) is 3.51. The molecule has 1 aliphatic heterocycles. The maximum absolute atomic E-state index is 13.6. The van der Waals surface area contributed by atoms with Gasteiger partial charge in [0.2, 0.25) is 5.72 Å². The van der Waals surface area contributed by atoms with Gasteiger partial charge in [-0.1, -0.05) is 29.8 Å². The van der Waals surface area contributed by atoms with Crippen molar-refractivity contribution in [3.8, 4) is 0 Å². The molecular weight excluding hydrogens is 393 g/mol. The van der Waals surface area contributed by atoms with Crippen molar-refractivity contribution in [3.63, 3.8) is 0 Å². The molecule has 0 radical (unpaired) electrons. The van der Waals surface area contributed by atoms with Crippen LogP contribution in [0.5, 0.6) is 0 Å². The SMILES string of the molecule is O=C1N[C@H](c2ccc(Cl)cc2)[C@@H](C(=O)c2cccs2)[C@](O)(C(F)(F)F)N1. The third-order valence-electron chi connectivity index (χ3n) is 4.08. The van der Waals surface area contributed by atoms with E-state index in [9.17, 15) is 27.9 Å². The van der Waals surface area contributed by atoms with E-state index in [0.717, 1.165) is 11.3 Å². The fourth-order valence-electron chi connectivity index (χ4n) is 2.86. The van der Waals surface area contributed by atoms with E-state index in [-0.39, 0.29) is 10.4 Å². The lowest BCUT2D eigenvalue weighted by molar-refractivity contribution is -0.287. The zero-order chi connectivity index (χ0) is 19.1. The molecule has 10 heteroatoms. The number of amides is 2. The van der Waals surface area contributed by atoms with E-state index in [1.165, 1.54) is 47.1 Å². The van der Waals surface area contributed by atoms with Crippen LogP contribution in [0, 0.1) is 5.92 Å². The Hall–Kier alpha value is -2.10. The first-order valence-electron chi connectivity index (χ1n) is 7.34. The molecule has 3 atom stereocenters. The van der Waals surface area contributed by atoms with E-state index in [2.05, 4.69) is 5.32 Å². The topological polar surface area (TPSA) is 78.4 Å². The number of halogens is 4. The molecule has 1 aromatic carbocycles. The summed E-state index contributed by atoms with van der Waals surface area (Å²) >= 11 is 6.74. The molecule has 138 valence electrons. The number of urea groups is 1. The Morgan fingerprint density at radius 1 is 1.23 bits per heavy atom. The Bertz CT molecular complexity index is 826. The number of nitrogens with one attached hydrogen (secondary N) is 2. The van der Waals surface area contributed by atoms with Crippen molar-refractivity contribution in [2.45, 2.75) is 17.9 Å². The molecular formula is C16H12ClF3N2O3S. The average molecular weight is 405 g/mol. The second-order valence-electron chi connectivity index (χ2n) is 5.71. The van der Waals surface area contributed by atoms with E-state index >= 15 is 0 Å². The fourth-order valence-corrected chi connectivity index (χ4v) is 3.69. The highest BCUT2D eigenvalue weighted by Gasteiger charge is 2.66. The third-order valence-corrected chi connectivity index (χ3v) is 5.22. The number of alkyl halides is 3. The molecule has 1 saturated heterocycles. The number of ketones is 1. The van der Waals surface area contributed by atoms with E-state index in [1.54, 1.807) is 0 Å². The van der Waals surface area contributed by atoms with Gasteiger partial charge in [0.05, 0.1) is 10.9 Å². The predicted molar refractivity (Wildman–Crippen MR) is 89.0 cm³/mol. The highest BCUT2D eigenvalue weighted by atomic mass is 35.5. The number of benzene rings is 1. The van der Waals surface area contributed by atoms with Crippen molar-refractivity contribution in [1.82, 2.24) is 10.6 Å². The van der Waals surface area contributed by atoms with Gasteiger partial charge in [0, 0.05) is 5.02 Å². The maximum Gasteiger partial charge on any atom is 0.437 e. The molecule has 5 nitrogen and oxygen atoms in total. The molecule has 2 heterocycles. The average Bonchev–Trinajstić information content (AvgIpc) is 3.08. The molecule has 2 amide bonds. The third kappa shape index (κ3) is 3.17. The molecule has 0 aliphatic carbocycles. The second-order valence-corrected chi connectivity index (χ2v) is 7.10. The van der Waals surface area contributed by atoms with Gasteiger partial charge in [-0.2, -0.15) is 13.2 Å². The molecule has 3 N–H and O–H groups in total. The van der Waals surface area contributed by atoms with Gasteiger partial charge in [-0.05, 0) is 29.1 Å². The zero-order valence-electron chi connectivity index (χ0n) is 12.9. The van der Waals surface area contributed by atoms with Crippen LogP contribution < -0.4 is 10.6 Å². The molecule has 0 bridgehead atoms. The van der Waals surface area contributed by atoms with Crippen molar-refractivity contribution in [3.05, 3.63) is 57.2 Å². The standard InChI is InChI=1S/C16H12ClF3N2O3S/c17-9-5-3-8(4-6-9)12-11(13(23)10-2-1-7-26-10)15(25,16(18,19)20)22-14(24)21-12/h1-7,11-12,25H,(H2,21,22,24)/t11-,12+,15-/m0/s1. The largest absolute Gasteiger partial charge is 0.437 e. The van der Waals surface area contributed by atoms with Crippen LogP contribution in [0.4, 0.5) is 18.0 Å². The van der Waals surface area contributed by atoms with E-state index in [1.807, 2.05) is 0 Å².